The normalized spacial score (nSPS) is 11.5. The number of nitrogens with two attached hydrogens (primary N) is 1. The Morgan fingerprint density at radius 2 is 0.750 bits per heavy atom. The number of aliphatic hydroxyl groups excluding tert-OH is 1. The molecule has 0 bridgehead atoms. The van der Waals surface area contributed by atoms with Gasteiger partial charge in [-0.15, -0.1) is 0 Å². The van der Waals surface area contributed by atoms with Crippen LogP contribution in [0.1, 0.15) is 176 Å². The second-order valence-electron chi connectivity index (χ2n) is 29.8. The molecular formula is C81H98N6O21. The van der Waals surface area contributed by atoms with E-state index < -0.39 is 74.9 Å². The van der Waals surface area contributed by atoms with Crippen LogP contribution in [0.3, 0.4) is 0 Å². The van der Waals surface area contributed by atoms with Crippen LogP contribution in [0.15, 0.2) is 142 Å². The average molecular weight is 1490 g/mol. The van der Waals surface area contributed by atoms with Crippen molar-refractivity contribution in [2.75, 3.05) is 64.6 Å². The number of methoxy groups -OCH3 is 4. The second-order valence-corrected chi connectivity index (χ2v) is 29.8. The molecule has 27 nitrogen and oxygen atoms in total. The first-order valence-electron chi connectivity index (χ1n) is 33.6. The summed E-state index contributed by atoms with van der Waals surface area (Å²) >= 11 is 0. The number of amides is 2. The topological polar surface area (TPSA) is 403 Å². The zero-order valence-electron chi connectivity index (χ0n) is 63.5. The minimum atomic E-state index is -1.21. The van der Waals surface area contributed by atoms with Crippen molar-refractivity contribution in [3.63, 3.8) is 0 Å². The number of aromatic nitrogens is 3. The van der Waals surface area contributed by atoms with E-state index in [0.717, 1.165) is 11.1 Å². The number of aromatic amines is 3. The van der Waals surface area contributed by atoms with Gasteiger partial charge in [0, 0.05) is 119 Å². The number of carboxylic acid groups (broad SMARTS) is 1. The molecule has 0 atom stereocenters. The Morgan fingerprint density at radius 3 is 1.10 bits per heavy atom. The number of ether oxygens (including phenoxy) is 8. The van der Waals surface area contributed by atoms with Crippen LogP contribution >= 0.6 is 0 Å². The predicted molar refractivity (Wildman–Crippen MR) is 414 cm³/mol. The Bertz CT molecular complexity index is 5010. The Hall–Kier alpha value is -12.0. The quantitative estimate of drug-likeness (QED) is 0.0199. The molecule has 0 aliphatic carbocycles. The van der Waals surface area contributed by atoms with Crippen molar-refractivity contribution >= 4 is 92.2 Å². The lowest BCUT2D eigenvalue weighted by molar-refractivity contribution is 0.0566. The zero-order chi connectivity index (χ0) is 80.1. The highest BCUT2D eigenvalue weighted by Crippen LogP contribution is 2.44. The van der Waals surface area contributed by atoms with E-state index >= 15 is 0 Å². The number of aromatic carboxylic acids is 1. The number of rotatable bonds is 15. The first-order chi connectivity index (χ1) is 49.8. The third-order valence-electron chi connectivity index (χ3n) is 17.2. The Labute approximate surface area is 625 Å². The Morgan fingerprint density at radius 1 is 0.426 bits per heavy atom. The van der Waals surface area contributed by atoms with Gasteiger partial charge in [-0.25, -0.2) is 24.0 Å². The van der Waals surface area contributed by atoms with Crippen molar-refractivity contribution in [2.45, 2.75) is 144 Å². The number of nitrogen functional groups attached to an aromatic ring is 1. The van der Waals surface area contributed by atoms with Crippen molar-refractivity contribution in [2.24, 2.45) is 0 Å². The number of anilines is 3. The van der Waals surface area contributed by atoms with Crippen LogP contribution in [-0.2, 0) is 60.9 Å². The number of carbonyl (C=O) groups excluding carboxylic acids is 6. The van der Waals surface area contributed by atoms with Crippen LogP contribution in [-0.4, -0.2) is 121 Å². The van der Waals surface area contributed by atoms with Crippen LogP contribution < -0.4 is 42.1 Å². The number of aromatic hydroxyl groups is 1. The summed E-state index contributed by atoms with van der Waals surface area (Å²) in [6.07, 6.45) is 0.525. The monoisotopic (exact) mass is 1490 g/mol. The van der Waals surface area contributed by atoms with Gasteiger partial charge in [-0.05, 0) is 87.5 Å². The lowest BCUT2D eigenvalue weighted by Gasteiger charge is -2.31. The smallest absolute Gasteiger partial charge is 0.508 e. The third-order valence-corrected chi connectivity index (χ3v) is 17.2. The Balaban J connectivity index is 0.000000269. The summed E-state index contributed by atoms with van der Waals surface area (Å²) in [6, 6.07) is 30.7. The van der Waals surface area contributed by atoms with Crippen molar-refractivity contribution in [3.8, 4) is 17.2 Å². The number of phenolic OH excluding ortho intramolecular Hbond substituents is 1. The summed E-state index contributed by atoms with van der Waals surface area (Å²) < 4.78 is 39.3. The molecule has 6 aromatic carbocycles. The number of pyridine rings is 3. The maximum absolute atomic E-state index is 13.3. The van der Waals surface area contributed by atoms with Gasteiger partial charge in [-0.3, -0.25) is 24.0 Å². The molecule has 3 heterocycles. The molecule has 2 amide bonds. The second kappa shape index (κ2) is 35.4. The first kappa shape index (κ1) is 86.6. The molecule has 0 fully saturated rings. The fraction of sp³-hybridized carbons (Fsp3) is 0.358. The van der Waals surface area contributed by atoms with E-state index in [-0.39, 0.29) is 77.4 Å². The van der Waals surface area contributed by atoms with Gasteiger partial charge >= 0.3 is 30.6 Å². The lowest BCUT2D eigenvalue weighted by Crippen LogP contribution is -2.29. The molecule has 108 heavy (non-hydrogen) atoms. The highest BCUT2D eigenvalue weighted by atomic mass is 16.7. The molecule has 578 valence electrons. The van der Waals surface area contributed by atoms with Crippen molar-refractivity contribution < 1.29 is 86.8 Å². The molecule has 0 radical (unpaired) electrons. The fourth-order valence-electron chi connectivity index (χ4n) is 11.1. The van der Waals surface area contributed by atoms with E-state index in [9.17, 15) is 58.2 Å². The highest BCUT2D eigenvalue weighted by Gasteiger charge is 2.35. The van der Waals surface area contributed by atoms with Crippen LogP contribution in [0.25, 0.3) is 32.7 Å². The van der Waals surface area contributed by atoms with Gasteiger partial charge in [0.25, 0.3) is 11.8 Å². The summed E-state index contributed by atoms with van der Waals surface area (Å²) in [4.78, 5) is 130. The van der Waals surface area contributed by atoms with Gasteiger partial charge in [0.15, 0.2) is 0 Å². The summed E-state index contributed by atoms with van der Waals surface area (Å²) in [5.74, 6) is -2.07. The molecule has 9 rings (SSSR count). The van der Waals surface area contributed by atoms with E-state index in [0.29, 0.717) is 72.0 Å². The maximum atomic E-state index is 13.3. The number of benzene rings is 6. The van der Waals surface area contributed by atoms with Crippen LogP contribution in [0.2, 0.25) is 0 Å². The van der Waals surface area contributed by atoms with Crippen LogP contribution in [0, 0.1) is 0 Å². The number of aliphatic hydroxyl groups is 1. The number of nitrogens with one attached hydrogen (secondary N) is 5. The molecule has 27 heteroatoms. The van der Waals surface area contributed by atoms with E-state index in [1.807, 2.05) is 108 Å². The fourth-order valence-corrected chi connectivity index (χ4v) is 11.1. The lowest BCUT2D eigenvalue weighted by atomic mass is 9.78. The molecule has 0 spiro atoms. The predicted octanol–water partition coefficient (Wildman–Crippen LogP) is 15.0. The number of hydrogen-bond donors (Lipinski definition) is 9. The highest BCUT2D eigenvalue weighted by molar-refractivity contribution is 6.07. The molecule has 0 unspecified atom stereocenters. The van der Waals surface area contributed by atoms with Crippen molar-refractivity contribution in [1.82, 2.24) is 15.0 Å². The first-order valence-corrected chi connectivity index (χ1v) is 33.6. The van der Waals surface area contributed by atoms with E-state index in [1.165, 1.54) is 59.2 Å². The summed E-state index contributed by atoms with van der Waals surface area (Å²) in [5, 5.41) is 35.8. The Kier molecular flexibility index (Phi) is 28.4. The van der Waals surface area contributed by atoms with Gasteiger partial charge < -0.3 is 84.5 Å². The average Bonchev–Trinajstić information content (AvgIpc) is 0.776. The number of carbonyl (C=O) groups is 7. The van der Waals surface area contributed by atoms with Gasteiger partial charge in [0.05, 0.1) is 35.0 Å². The zero-order valence-corrected chi connectivity index (χ0v) is 63.5. The van der Waals surface area contributed by atoms with Gasteiger partial charge in [-0.1, -0.05) is 148 Å². The summed E-state index contributed by atoms with van der Waals surface area (Å²) in [6.45, 7) is 28.7. The summed E-state index contributed by atoms with van der Waals surface area (Å²) in [7, 11) is 4.84. The van der Waals surface area contributed by atoms with Gasteiger partial charge in [-0.2, -0.15) is 0 Å². The van der Waals surface area contributed by atoms with Crippen molar-refractivity contribution in [3.05, 3.63) is 209 Å². The van der Waals surface area contributed by atoms with Crippen LogP contribution in [0.5, 0.6) is 17.2 Å². The number of fused-ring (bicyclic) bond motifs is 3. The minimum Gasteiger partial charge on any atom is -0.508 e. The number of carboxylic acids is 1. The molecule has 0 aliphatic heterocycles. The van der Waals surface area contributed by atoms with Gasteiger partial charge in [0.1, 0.15) is 47.2 Å². The molecule has 0 saturated carbocycles. The molecule has 0 aliphatic rings. The molecular weight excluding hydrogens is 1390 g/mol. The minimum absolute atomic E-state index is 0. The van der Waals surface area contributed by atoms with E-state index in [2.05, 4.69) is 44.5 Å². The molecule has 9 aromatic rings. The number of para-hydroxylation sites is 3. The number of H-pyrrole nitrogens is 3. The standard InChI is InChI=1S/C28H32N2O8.C24H28N2O4.C18H27NO6.C10H7NO3.CH4/c1-27(2,3)18-12-19(28(4,5)15-37-25(33)35-6)22(38-26(34)36-7)13-21(18)30-24(32)17-14-29-20-11-9-8-10-16(20)23(17)31;1-23(2,3)16-10-17(24(4,5)13-27)20(28)11-19(16)26-22(30)15-12-25-18-9-7-6-8-14(18)21(15)29;1-17(2,3)11-8-12(18(4,5)10-24-15(20)22-6)14(9-13(11)19)25-16(21)23-7;12-9-6-3-1-2-4-8(6)11-5-7(9)10(13)14;/h8-14H,15H2,1-7H3,(H,29,31)(H,30,32);6-12,27-28H,13H2,1-5H3,(H,25,29)(H,26,30);8-9H,10,19H2,1-7H3;1-5H,(H,11,12)(H,13,14);1H4. The van der Waals surface area contributed by atoms with Crippen molar-refractivity contribution in [1.29, 1.82) is 0 Å². The van der Waals surface area contributed by atoms with E-state index in [4.69, 9.17) is 29.8 Å². The SMILES string of the molecule is C.CC(C)(C)c1cc(C(C)(C)CO)c(O)cc1NC(=O)c1c[nH]c2ccccc2c1=O.COC(=O)OCC(C)(C)c1cc(C(C)(C)C)c(N)cc1OC(=O)OC.COC(=O)OCC(C)(C)c1cc(C(C)(C)C)c(NC(=O)c2c[nH]c3ccccc3c2=O)cc1OC(=O)OC.O=C(O)c1c[nH]c2ccccc2c1=O. The molecule has 0 saturated heterocycles. The maximum Gasteiger partial charge on any atom is 0.513 e. The molecule has 10 N–H and O–H groups in total. The van der Waals surface area contributed by atoms with Gasteiger partial charge in [0.2, 0.25) is 16.3 Å². The molecule has 3 aromatic heterocycles. The van der Waals surface area contributed by atoms with E-state index in [1.54, 1.807) is 92.7 Å². The number of phenols is 1. The summed E-state index contributed by atoms with van der Waals surface area (Å²) in [5.41, 5.74) is 8.72. The number of hydrogen-bond acceptors (Lipinski definition) is 21. The largest absolute Gasteiger partial charge is 0.513 e. The third kappa shape index (κ3) is 21.4. The van der Waals surface area contributed by atoms with Crippen LogP contribution in [0.4, 0.5) is 36.2 Å².